The predicted molar refractivity (Wildman–Crippen MR) is 166 cm³/mol. The van der Waals surface area contributed by atoms with Crippen LogP contribution in [0.15, 0.2) is 138 Å². The Kier molecular flexibility index (Phi) is 4.77. The van der Waals surface area contributed by atoms with Gasteiger partial charge in [-0.3, -0.25) is 0 Å². The van der Waals surface area contributed by atoms with E-state index in [2.05, 4.69) is 133 Å². The molecule has 0 amide bonds. The minimum Gasteiger partial charge on any atom is -0.454 e. The van der Waals surface area contributed by atoms with E-state index in [-0.39, 0.29) is 0 Å². The van der Waals surface area contributed by atoms with Gasteiger partial charge in [-0.2, -0.15) is 0 Å². The summed E-state index contributed by atoms with van der Waals surface area (Å²) in [5.41, 5.74) is 6.27. The van der Waals surface area contributed by atoms with Crippen LogP contribution < -0.4 is 4.90 Å². The molecule has 0 bridgehead atoms. The lowest BCUT2D eigenvalue weighted by Gasteiger charge is -2.28. The third-order valence-corrected chi connectivity index (χ3v) is 7.87. The summed E-state index contributed by atoms with van der Waals surface area (Å²) >= 11 is 0. The Labute approximate surface area is 226 Å². The number of anilines is 3. The molecule has 0 saturated heterocycles. The first kappa shape index (κ1) is 22.0. The van der Waals surface area contributed by atoms with Crippen molar-refractivity contribution >= 4 is 71.3 Å². The highest BCUT2D eigenvalue weighted by Gasteiger charge is 2.22. The van der Waals surface area contributed by atoms with Crippen molar-refractivity contribution < 1.29 is 4.42 Å². The van der Waals surface area contributed by atoms with E-state index in [0.29, 0.717) is 0 Å². The third kappa shape index (κ3) is 3.35. The van der Waals surface area contributed by atoms with E-state index >= 15 is 0 Å². The van der Waals surface area contributed by atoms with Crippen LogP contribution in [0.2, 0.25) is 0 Å². The van der Waals surface area contributed by atoms with Gasteiger partial charge in [0.2, 0.25) is 0 Å². The van der Waals surface area contributed by atoms with Crippen molar-refractivity contribution in [2.24, 2.45) is 0 Å². The van der Waals surface area contributed by atoms with Crippen molar-refractivity contribution in [1.29, 1.82) is 0 Å². The number of rotatable bonds is 3. The molecule has 0 aliphatic carbocycles. The molecule has 8 aromatic rings. The highest BCUT2D eigenvalue weighted by atomic mass is 16.3. The maximum absolute atomic E-state index is 6.57. The average molecular weight is 500 g/mol. The lowest BCUT2D eigenvalue weighted by atomic mass is 9.95. The molecule has 0 unspecified atom stereocenters. The summed E-state index contributed by atoms with van der Waals surface area (Å²) in [6, 6.07) is 47.8. The standard InChI is InChI=1S/C37H25NO/c1-24-10-8-12-26(22-24)38(34-18-9-17-32-31-16-6-7-19-36(31)39-37(32)34)35-23-33-27-13-3-2-11-25(27)20-21-29(33)28-14-4-5-15-30(28)35/h2-23H,1H3. The van der Waals surface area contributed by atoms with E-state index < -0.39 is 0 Å². The molecule has 184 valence electrons. The minimum atomic E-state index is 0.891. The highest BCUT2D eigenvalue weighted by molar-refractivity contribution is 6.22. The zero-order chi connectivity index (χ0) is 25.9. The Hall–Kier alpha value is -5.08. The molecule has 8 rings (SSSR count). The number of nitrogens with zero attached hydrogens (tertiary/aromatic N) is 1. The van der Waals surface area contributed by atoms with Crippen LogP contribution in [0.25, 0.3) is 54.3 Å². The predicted octanol–water partition coefficient (Wildman–Crippen LogP) is 10.8. The molecule has 1 aromatic heterocycles. The third-order valence-electron chi connectivity index (χ3n) is 7.87. The fourth-order valence-corrected chi connectivity index (χ4v) is 6.11. The number of fused-ring (bicyclic) bond motifs is 8. The zero-order valence-corrected chi connectivity index (χ0v) is 21.6. The van der Waals surface area contributed by atoms with E-state index in [1.807, 2.05) is 12.1 Å². The van der Waals surface area contributed by atoms with Crippen molar-refractivity contribution in [3.05, 3.63) is 139 Å². The van der Waals surface area contributed by atoms with E-state index in [0.717, 1.165) is 39.0 Å². The quantitative estimate of drug-likeness (QED) is 0.225. The SMILES string of the molecule is Cc1cccc(N(c2cc3c4ccccc4ccc3c3ccccc23)c2cccc3c2oc2ccccc23)c1. The fourth-order valence-electron chi connectivity index (χ4n) is 6.11. The molecule has 0 spiro atoms. The topological polar surface area (TPSA) is 16.4 Å². The van der Waals surface area contributed by atoms with Gasteiger partial charge in [0.1, 0.15) is 5.58 Å². The maximum atomic E-state index is 6.57. The Bertz CT molecular complexity index is 2200. The van der Waals surface area contributed by atoms with Gasteiger partial charge in [-0.25, -0.2) is 0 Å². The van der Waals surface area contributed by atoms with Gasteiger partial charge in [0.05, 0.1) is 11.4 Å². The van der Waals surface area contributed by atoms with Crippen LogP contribution >= 0.6 is 0 Å². The molecule has 0 aliphatic heterocycles. The normalized spacial score (nSPS) is 11.7. The molecular formula is C37H25NO. The van der Waals surface area contributed by atoms with Crippen molar-refractivity contribution in [2.45, 2.75) is 6.92 Å². The smallest absolute Gasteiger partial charge is 0.159 e. The molecule has 1 heterocycles. The molecule has 2 nitrogen and oxygen atoms in total. The number of hydrogen-bond donors (Lipinski definition) is 0. The Balaban J connectivity index is 1.54. The van der Waals surface area contributed by atoms with Crippen molar-refractivity contribution in [3.8, 4) is 0 Å². The molecular weight excluding hydrogens is 474 g/mol. The minimum absolute atomic E-state index is 0.891. The van der Waals surface area contributed by atoms with Gasteiger partial charge in [0, 0.05) is 21.8 Å². The summed E-state index contributed by atoms with van der Waals surface area (Å²) in [5, 5.41) is 9.71. The Morgan fingerprint density at radius 2 is 1.15 bits per heavy atom. The van der Waals surface area contributed by atoms with Crippen molar-refractivity contribution in [1.82, 2.24) is 0 Å². The monoisotopic (exact) mass is 499 g/mol. The zero-order valence-electron chi connectivity index (χ0n) is 21.6. The van der Waals surface area contributed by atoms with Gasteiger partial charge in [0.25, 0.3) is 0 Å². The number of furan rings is 1. The maximum Gasteiger partial charge on any atom is 0.159 e. The van der Waals surface area contributed by atoms with Gasteiger partial charge in [-0.1, -0.05) is 103 Å². The molecule has 0 aliphatic rings. The van der Waals surface area contributed by atoms with Crippen LogP contribution in [0.1, 0.15) is 5.56 Å². The average Bonchev–Trinajstić information content (AvgIpc) is 3.37. The first-order valence-electron chi connectivity index (χ1n) is 13.4. The second-order valence-corrected chi connectivity index (χ2v) is 10.2. The molecule has 0 radical (unpaired) electrons. The number of aryl methyl sites for hydroxylation is 1. The van der Waals surface area contributed by atoms with E-state index in [1.165, 1.54) is 37.9 Å². The lowest BCUT2D eigenvalue weighted by molar-refractivity contribution is 0.669. The van der Waals surface area contributed by atoms with Crippen LogP contribution in [-0.2, 0) is 0 Å². The number of benzene rings is 7. The van der Waals surface area contributed by atoms with E-state index in [9.17, 15) is 0 Å². The summed E-state index contributed by atoms with van der Waals surface area (Å²) in [6.45, 7) is 2.15. The molecule has 7 aromatic carbocycles. The molecule has 2 heteroatoms. The fraction of sp³-hybridized carbons (Fsp3) is 0.0270. The van der Waals surface area contributed by atoms with Crippen LogP contribution in [-0.4, -0.2) is 0 Å². The first-order valence-corrected chi connectivity index (χ1v) is 13.4. The Morgan fingerprint density at radius 1 is 0.462 bits per heavy atom. The van der Waals surface area contributed by atoms with Crippen LogP contribution in [0.4, 0.5) is 17.1 Å². The molecule has 0 atom stereocenters. The molecule has 0 N–H and O–H groups in total. The number of para-hydroxylation sites is 2. The lowest BCUT2D eigenvalue weighted by Crippen LogP contribution is -2.11. The van der Waals surface area contributed by atoms with Crippen LogP contribution in [0.3, 0.4) is 0 Å². The van der Waals surface area contributed by atoms with Gasteiger partial charge in [-0.05, 0) is 69.8 Å². The second kappa shape index (κ2) is 8.47. The summed E-state index contributed by atoms with van der Waals surface area (Å²) in [5.74, 6) is 0. The van der Waals surface area contributed by atoms with Gasteiger partial charge in [-0.15, -0.1) is 0 Å². The van der Waals surface area contributed by atoms with E-state index in [1.54, 1.807) is 0 Å². The van der Waals surface area contributed by atoms with Crippen LogP contribution in [0.5, 0.6) is 0 Å². The second-order valence-electron chi connectivity index (χ2n) is 10.2. The van der Waals surface area contributed by atoms with Crippen molar-refractivity contribution in [2.75, 3.05) is 4.90 Å². The van der Waals surface area contributed by atoms with Crippen molar-refractivity contribution in [3.63, 3.8) is 0 Å². The van der Waals surface area contributed by atoms with Gasteiger partial charge >= 0.3 is 0 Å². The van der Waals surface area contributed by atoms with Crippen LogP contribution in [0, 0.1) is 6.92 Å². The summed E-state index contributed by atoms with van der Waals surface area (Å²) in [6.07, 6.45) is 0. The summed E-state index contributed by atoms with van der Waals surface area (Å²) in [4.78, 5) is 2.38. The molecule has 0 fully saturated rings. The summed E-state index contributed by atoms with van der Waals surface area (Å²) in [7, 11) is 0. The Morgan fingerprint density at radius 3 is 2.03 bits per heavy atom. The molecule has 39 heavy (non-hydrogen) atoms. The summed E-state index contributed by atoms with van der Waals surface area (Å²) < 4.78 is 6.57. The van der Waals surface area contributed by atoms with Gasteiger partial charge in [0.15, 0.2) is 5.58 Å². The largest absolute Gasteiger partial charge is 0.454 e. The highest BCUT2D eigenvalue weighted by Crippen LogP contribution is 2.46. The first-order chi connectivity index (χ1) is 19.3. The van der Waals surface area contributed by atoms with E-state index in [4.69, 9.17) is 4.42 Å². The molecule has 0 saturated carbocycles. The number of hydrogen-bond acceptors (Lipinski definition) is 2. The van der Waals surface area contributed by atoms with Gasteiger partial charge < -0.3 is 9.32 Å².